The smallest absolute Gasteiger partial charge is 0.175 e. The molecule has 0 atom stereocenters. The van der Waals surface area contributed by atoms with E-state index >= 15 is 0 Å². The summed E-state index contributed by atoms with van der Waals surface area (Å²) in [5.74, 6) is -0.410. The van der Waals surface area contributed by atoms with Crippen molar-refractivity contribution in [3.05, 3.63) is 53.8 Å². The average molecular weight is 295 g/mol. The van der Waals surface area contributed by atoms with Crippen LogP contribution in [0.3, 0.4) is 0 Å². The summed E-state index contributed by atoms with van der Waals surface area (Å²) in [5, 5.41) is 12.2. The molecule has 0 aliphatic rings. The Kier molecular flexibility index (Phi) is 3.94. The lowest BCUT2D eigenvalue weighted by molar-refractivity contribution is 0.474. The van der Waals surface area contributed by atoms with Crippen LogP contribution < -0.4 is 5.32 Å². The normalized spacial score (nSPS) is 11.3. The van der Waals surface area contributed by atoms with Gasteiger partial charge >= 0.3 is 0 Å². The van der Waals surface area contributed by atoms with Gasteiger partial charge in [-0.25, -0.2) is 12.8 Å². The summed E-state index contributed by atoms with van der Waals surface area (Å²) in [6.45, 7) is 0.276. The van der Waals surface area contributed by atoms with Crippen LogP contribution in [-0.4, -0.2) is 19.8 Å². The van der Waals surface area contributed by atoms with E-state index in [1.165, 1.54) is 18.2 Å². The van der Waals surface area contributed by atoms with Crippen LogP contribution in [0.1, 0.15) is 5.56 Å². The molecule has 0 saturated carbocycles. The largest absolute Gasteiger partial charge is 0.508 e. The van der Waals surface area contributed by atoms with E-state index in [4.69, 9.17) is 0 Å². The maximum atomic E-state index is 13.6. The molecule has 6 heteroatoms. The molecule has 0 unspecified atom stereocenters. The van der Waals surface area contributed by atoms with Gasteiger partial charge in [0.05, 0.1) is 10.6 Å². The predicted octanol–water partition coefficient (Wildman–Crippen LogP) is 2.55. The number of hydrogen-bond acceptors (Lipinski definition) is 4. The minimum atomic E-state index is -3.38. The fourth-order valence-electron chi connectivity index (χ4n) is 1.73. The van der Waals surface area contributed by atoms with Crippen LogP contribution in [0.25, 0.3) is 0 Å². The van der Waals surface area contributed by atoms with Crippen molar-refractivity contribution in [3.8, 4) is 5.75 Å². The number of nitrogens with one attached hydrogen (secondary N) is 1. The summed E-state index contributed by atoms with van der Waals surface area (Å²) < 4.78 is 36.5. The van der Waals surface area contributed by atoms with Gasteiger partial charge in [0, 0.05) is 12.8 Å². The molecule has 2 N–H and O–H groups in total. The quantitative estimate of drug-likeness (QED) is 0.851. The van der Waals surface area contributed by atoms with Crippen molar-refractivity contribution in [2.45, 2.75) is 11.4 Å². The SMILES string of the molecule is CS(=O)(=O)c1ccc(F)c(NCc2cccc(O)c2)c1. The third-order valence-electron chi connectivity index (χ3n) is 2.76. The highest BCUT2D eigenvalue weighted by molar-refractivity contribution is 7.90. The molecule has 20 heavy (non-hydrogen) atoms. The third kappa shape index (κ3) is 3.48. The van der Waals surface area contributed by atoms with Gasteiger partial charge in [0.15, 0.2) is 9.84 Å². The number of rotatable bonds is 4. The third-order valence-corrected chi connectivity index (χ3v) is 3.87. The number of halogens is 1. The maximum Gasteiger partial charge on any atom is 0.175 e. The monoisotopic (exact) mass is 295 g/mol. The molecule has 106 valence electrons. The van der Waals surface area contributed by atoms with Crippen molar-refractivity contribution >= 4 is 15.5 Å². The highest BCUT2D eigenvalue weighted by Crippen LogP contribution is 2.21. The number of phenols is 1. The predicted molar refractivity (Wildman–Crippen MR) is 74.9 cm³/mol. The number of anilines is 1. The summed E-state index contributed by atoms with van der Waals surface area (Å²) in [7, 11) is -3.38. The molecule has 2 aromatic carbocycles. The first-order valence-corrected chi connectivity index (χ1v) is 7.77. The van der Waals surface area contributed by atoms with E-state index < -0.39 is 15.7 Å². The summed E-state index contributed by atoms with van der Waals surface area (Å²) >= 11 is 0. The highest BCUT2D eigenvalue weighted by atomic mass is 32.2. The van der Waals surface area contributed by atoms with Crippen molar-refractivity contribution in [2.75, 3.05) is 11.6 Å². The van der Waals surface area contributed by atoms with Crippen molar-refractivity contribution in [2.24, 2.45) is 0 Å². The molecule has 0 heterocycles. The molecule has 0 radical (unpaired) electrons. The second kappa shape index (κ2) is 5.50. The molecule has 2 aromatic rings. The minimum Gasteiger partial charge on any atom is -0.508 e. The van der Waals surface area contributed by atoms with E-state index in [0.717, 1.165) is 17.9 Å². The zero-order valence-electron chi connectivity index (χ0n) is 10.8. The van der Waals surface area contributed by atoms with Crippen LogP contribution in [0.5, 0.6) is 5.75 Å². The van der Waals surface area contributed by atoms with Gasteiger partial charge in [-0.05, 0) is 35.9 Å². The summed E-state index contributed by atoms with van der Waals surface area (Å²) in [6.07, 6.45) is 1.07. The Morgan fingerprint density at radius 2 is 1.95 bits per heavy atom. The zero-order valence-corrected chi connectivity index (χ0v) is 11.6. The van der Waals surface area contributed by atoms with Gasteiger partial charge in [0.1, 0.15) is 11.6 Å². The topological polar surface area (TPSA) is 66.4 Å². The maximum absolute atomic E-state index is 13.6. The fourth-order valence-corrected chi connectivity index (χ4v) is 2.38. The number of phenolic OH excluding ortho intramolecular Hbond substituents is 1. The highest BCUT2D eigenvalue weighted by Gasteiger charge is 2.11. The van der Waals surface area contributed by atoms with Crippen LogP contribution in [0.15, 0.2) is 47.4 Å². The van der Waals surface area contributed by atoms with Crippen LogP contribution in [0.4, 0.5) is 10.1 Å². The summed E-state index contributed by atoms with van der Waals surface area (Å²) in [4.78, 5) is 0.0531. The van der Waals surface area contributed by atoms with E-state index in [2.05, 4.69) is 5.32 Å². The molecular weight excluding hydrogens is 281 g/mol. The molecule has 0 aromatic heterocycles. The van der Waals surface area contributed by atoms with Crippen LogP contribution in [-0.2, 0) is 16.4 Å². The first-order chi connectivity index (χ1) is 9.36. The first-order valence-electron chi connectivity index (χ1n) is 5.87. The number of sulfone groups is 1. The van der Waals surface area contributed by atoms with Crippen molar-refractivity contribution in [3.63, 3.8) is 0 Å². The Hall–Kier alpha value is -2.08. The Bertz CT molecular complexity index is 729. The van der Waals surface area contributed by atoms with Gasteiger partial charge in [-0.15, -0.1) is 0 Å². The molecule has 0 aliphatic carbocycles. The molecular formula is C14H14FNO3S. The Morgan fingerprint density at radius 3 is 2.60 bits per heavy atom. The van der Waals surface area contributed by atoms with Crippen molar-refractivity contribution in [1.29, 1.82) is 0 Å². The number of hydrogen-bond donors (Lipinski definition) is 2. The molecule has 0 fully saturated rings. The van der Waals surface area contributed by atoms with Crippen molar-refractivity contribution < 1.29 is 17.9 Å². The van der Waals surface area contributed by atoms with Crippen LogP contribution in [0.2, 0.25) is 0 Å². The van der Waals surface area contributed by atoms with E-state index in [-0.39, 0.29) is 22.9 Å². The molecule has 0 spiro atoms. The van der Waals surface area contributed by atoms with Gasteiger partial charge in [-0.3, -0.25) is 0 Å². The van der Waals surface area contributed by atoms with Gasteiger partial charge in [0.2, 0.25) is 0 Å². The van der Waals surface area contributed by atoms with Gasteiger partial charge < -0.3 is 10.4 Å². The van der Waals surface area contributed by atoms with E-state index in [9.17, 15) is 17.9 Å². The van der Waals surface area contributed by atoms with Crippen LogP contribution in [0, 0.1) is 5.82 Å². The Balaban J connectivity index is 2.21. The standard InChI is InChI=1S/C14H14FNO3S/c1-20(18,19)12-5-6-13(15)14(8-12)16-9-10-3-2-4-11(17)7-10/h2-8,16-17H,9H2,1H3. The molecule has 2 rings (SSSR count). The lowest BCUT2D eigenvalue weighted by atomic mass is 10.2. The summed E-state index contributed by atoms with van der Waals surface area (Å²) in [6, 6.07) is 10.1. The number of aromatic hydroxyl groups is 1. The zero-order chi connectivity index (χ0) is 14.8. The summed E-state index contributed by atoms with van der Waals surface area (Å²) in [5.41, 5.74) is 0.866. The molecule has 0 amide bonds. The fraction of sp³-hybridized carbons (Fsp3) is 0.143. The van der Waals surface area contributed by atoms with Gasteiger partial charge in [-0.2, -0.15) is 0 Å². The Labute approximate surface area is 116 Å². The molecule has 0 aliphatic heterocycles. The van der Waals surface area contributed by atoms with E-state index in [1.54, 1.807) is 18.2 Å². The van der Waals surface area contributed by atoms with E-state index in [0.29, 0.717) is 0 Å². The van der Waals surface area contributed by atoms with E-state index in [1.807, 2.05) is 0 Å². The second-order valence-electron chi connectivity index (χ2n) is 4.44. The Morgan fingerprint density at radius 1 is 1.20 bits per heavy atom. The lowest BCUT2D eigenvalue weighted by Gasteiger charge is -2.09. The first kappa shape index (κ1) is 14.3. The number of benzene rings is 2. The van der Waals surface area contributed by atoms with Gasteiger partial charge in [-0.1, -0.05) is 12.1 Å². The average Bonchev–Trinajstić information content (AvgIpc) is 2.36. The minimum absolute atomic E-state index is 0.0531. The molecule has 4 nitrogen and oxygen atoms in total. The second-order valence-corrected chi connectivity index (χ2v) is 6.45. The van der Waals surface area contributed by atoms with Crippen LogP contribution >= 0.6 is 0 Å². The lowest BCUT2D eigenvalue weighted by Crippen LogP contribution is -2.04. The van der Waals surface area contributed by atoms with Gasteiger partial charge in [0.25, 0.3) is 0 Å². The molecule has 0 bridgehead atoms. The molecule has 0 saturated heterocycles. The van der Waals surface area contributed by atoms with Crippen molar-refractivity contribution in [1.82, 2.24) is 0 Å².